The van der Waals surface area contributed by atoms with Gasteiger partial charge in [0.1, 0.15) is 6.33 Å². The van der Waals surface area contributed by atoms with Gasteiger partial charge in [0.05, 0.1) is 0 Å². The van der Waals surface area contributed by atoms with E-state index in [0.29, 0.717) is 17.9 Å². The van der Waals surface area contributed by atoms with Crippen molar-refractivity contribution in [3.8, 4) is 0 Å². The van der Waals surface area contributed by atoms with Crippen LogP contribution in [0.15, 0.2) is 18.6 Å². The Morgan fingerprint density at radius 1 is 1.25 bits per heavy atom. The minimum Gasteiger partial charge on any atom is -0.384 e. The highest BCUT2D eigenvalue weighted by Crippen LogP contribution is 2.27. The largest absolute Gasteiger partial charge is 0.384 e. The molecule has 2 aliphatic rings. The number of carbonyl (C=O) groups excluding carboxylic acids is 1. The molecule has 1 saturated carbocycles. The molecule has 0 aromatic carbocycles. The number of rotatable bonds is 4. The second-order valence-electron chi connectivity index (χ2n) is 7.02. The van der Waals surface area contributed by atoms with Crippen molar-refractivity contribution in [1.29, 1.82) is 0 Å². The first-order chi connectivity index (χ1) is 11.8. The van der Waals surface area contributed by atoms with Gasteiger partial charge in [0.2, 0.25) is 0 Å². The lowest BCUT2D eigenvalue weighted by molar-refractivity contribution is 0.122. The van der Waals surface area contributed by atoms with Gasteiger partial charge in [-0.15, -0.1) is 0 Å². The summed E-state index contributed by atoms with van der Waals surface area (Å²) >= 11 is 0. The van der Waals surface area contributed by atoms with Gasteiger partial charge in [0.25, 0.3) is 0 Å². The fourth-order valence-corrected chi connectivity index (χ4v) is 3.90. The number of amides is 2. The number of nitrogens with zero attached hydrogens (tertiary/aromatic N) is 3. The monoisotopic (exact) mass is 332 g/mol. The second kappa shape index (κ2) is 8.42. The number of urea groups is 1. The lowest BCUT2D eigenvalue weighted by Crippen LogP contribution is -2.48. The van der Waals surface area contributed by atoms with Crippen LogP contribution in [0, 0.1) is 5.92 Å². The van der Waals surface area contributed by atoms with Crippen molar-refractivity contribution in [3.63, 3.8) is 0 Å². The smallest absolute Gasteiger partial charge is 0.317 e. The van der Waals surface area contributed by atoms with E-state index in [0.717, 1.165) is 63.9 Å². The van der Waals surface area contributed by atoms with Crippen molar-refractivity contribution < 1.29 is 9.53 Å². The number of methoxy groups -OCH3 is 1. The lowest BCUT2D eigenvalue weighted by atomic mass is 9.86. The Morgan fingerprint density at radius 3 is 2.62 bits per heavy atom. The zero-order chi connectivity index (χ0) is 16.8. The minimum absolute atomic E-state index is 0.103. The maximum Gasteiger partial charge on any atom is 0.317 e. The predicted molar refractivity (Wildman–Crippen MR) is 91.7 cm³/mol. The highest BCUT2D eigenvalue weighted by atomic mass is 16.5. The van der Waals surface area contributed by atoms with E-state index in [9.17, 15) is 4.79 Å². The van der Waals surface area contributed by atoms with Crippen LogP contribution in [-0.2, 0) is 4.74 Å². The molecule has 132 valence electrons. The van der Waals surface area contributed by atoms with Gasteiger partial charge in [-0.05, 0) is 50.5 Å². The molecule has 0 atom stereocenters. The first-order valence-corrected chi connectivity index (χ1v) is 9.06. The number of hydrogen-bond donors (Lipinski definition) is 1. The number of likely N-dealkylation sites (tertiary alicyclic amines) is 1. The number of nitrogens with one attached hydrogen (secondary N) is 1. The fourth-order valence-electron chi connectivity index (χ4n) is 3.90. The van der Waals surface area contributed by atoms with Gasteiger partial charge in [0.15, 0.2) is 0 Å². The van der Waals surface area contributed by atoms with Crippen LogP contribution in [-0.4, -0.2) is 53.7 Å². The summed E-state index contributed by atoms with van der Waals surface area (Å²) < 4.78 is 5.23. The summed E-state index contributed by atoms with van der Waals surface area (Å²) in [5, 5.41) is 3.23. The molecule has 3 rings (SSSR count). The highest BCUT2D eigenvalue weighted by molar-refractivity contribution is 5.74. The molecule has 6 heteroatoms. The molecule has 1 aromatic heterocycles. The van der Waals surface area contributed by atoms with Gasteiger partial charge in [-0.2, -0.15) is 0 Å². The maximum atomic E-state index is 12.5. The van der Waals surface area contributed by atoms with E-state index >= 15 is 0 Å². The molecule has 1 saturated heterocycles. The van der Waals surface area contributed by atoms with E-state index in [-0.39, 0.29) is 6.03 Å². The number of hydrogen-bond acceptors (Lipinski definition) is 4. The lowest BCUT2D eigenvalue weighted by Gasteiger charge is -2.34. The summed E-state index contributed by atoms with van der Waals surface area (Å²) in [4.78, 5) is 22.8. The van der Waals surface area contributed by atoms with E-state index in [1.165, 1.54) is 0 Å². The first-order valence-electron chi connectivity index (χ1n) is 9.06. The normalized spacial score (nSPS) is 25.5. The predicted octanol–water partition coefficient (Wildman–Crippen LogP) is 2.57. The topological polar surface area (TPSA) is 67.3 Å². The van der Waals surface area contributed by atoms with Gasteiger partial charge < -0.3 is 15.0 Å². The summed E-state index contributed by atoms with van der Waals surface area (Å²) in [5.74, 6) is 1.10. The minimum atomic E-state index is 0.103. The van der Waals surface area contributed by atoms with Crippen molar-refractivity contribution in [2.45, 2.75) is 50.5 Å². The van der Waals surface area contributed by atoms with Crippen LogP contribution in [0.1, 0.15) is 50.1 Å². The molecule has 0 radical (unpaired) electrons. The van der Waals surface area contributed by atoms with Gasteiger partial charge in [-0.25, -0.2) is 14.8 Å². The molecular formula is C18H28N4O2. The van der Waals surface area contributed by atoms with Crippen molar-refractivity contribution >= 4 is 6.03 Å². The Balaban J connectivity index is 1.41. The molecule has 0 spiro atoms. The molecule has 1 aromatic rings. The van der Waals surface area contributed by atoms with E-state index in [1.807, 2.05) is 11.0 Å². The van der Waals surface area contributed by atoms with Gasteiger partial charge in [-0.1, -0.05) is 0 Å². The Kier molecular flexibility index (Phi) is 6.01. The average Bonchev–Trinajstić information content (AvgIpc) is 2.64. The summed E-state index contributed by atoms with van der Waals surface area (Å²) in [6.07, 6.45) is 9.78. The molecule has 24 heavy (non-hydrogen) atoms. The van der Waals surface area contributed by atoms with Crippen LogP contribution in [0.25, 0.3) is 0 Å². The first kappa shape index (κ1) is 17.1. The third-order valence-corrected chi connectivity index (χ3v) is 5.38. The summed E-state index contributed by atoms with van der Waals surface area (Å²) in [6, 6.07) is 2.41. The van der Waals surface area contributed by atoms with Crippen LogP contribution in [0.5, 0.6) is 0 Å². The zero-order valence-electron chi connectivity index (χ0n) is 14.5. The summed E-state index contributed by atoms with van der Waals surface area (Å²) in [6.45, 7) is 2.45. The van der Waals surface area contributed by atoms with E-state index in [4.69, 9.17) is 4.74 Å². The quantitative estimate of drug-likeness (QED) is 0.920. The van der Waals surface area contributed by atoms with Crippen molar-refractivity contribution in [2.24, 2.45) is 5.92 Å². The van der Waals surface area contributed by atoms with Crippen LogP contribution in [0.2, 0.25) is 0 Å². The molecule has 6 nitrogen and oxygen atoms in total. The van der Waals surface area contributed by atoms with Crippen LogP contribution in [0.4, 0.5) is 4.79 Å². The highest BCUT2D eigenvalue weighted by Gasteiger charge is 2.27. The van der Waals surface area contributed by atoms with Crippen molar-refractivity contribution in [1.82, 2.24) is 20.2 Å². The van der Waals surface area contributed by atoms with Gasteiger partial charge in [-0.3, -0.25) is 0 Å². The second-order valence-corrected chi connectivity index (χ2v) is 7.02. The Morgan fingerprint density at radius 2 is 2.00 bits per heavy atom. The maximum absolute atomic E-state index is 12.5. The molecule has 2 fully saturated rings. The Labute approximate surface area is 144 Å². The molecule has 0 unspecified atom stereocenters. The molecule has 1 aliphatic heterocycles. The Hall–Kier alpha value is -1.69. The fraction of sp³-hybridized carbons (Fsp3) is 0.722. The van der Waals surface area contributed by atoms with Crippen LogP contribution >= 0.6 is 0 Å². The van der Waals surface area contributed by atoms with E-state index < -0.39 is 0 Å². The third kappa shape index (κ3) is 4.44. The molecule has 2 amide bonds. The SMILES string of the molecule is COCC1CCC(NC(=O)N2CCC(c3ccncn3)CC2)CC1. The summed E-state index contributed by atoms with van der Waals surface area (Å²) in [7, 11) is 1.76. The molecule has 1 aliphatic carbocycles. The van der Waals surface area contributed by atoms with Crippen LogP contribution in [0.3, 0.4) is 0 Å². The summed E-state index contributed by atoms with van der Waals surface area (Å²) in [5.41, 5.74) is 1.10. The van der Waals surface area contributed by atoms with Gasteiger partial charge >= 0.3 is 6.03 Å². The number of carbonyl (C=O) groups is 1. The number of aromatic nitrogens is 2. The van der Waals surface area contributed by atoms with Crippen LogP contribution < -0.4 is 5.32 Å². The van der Waals surface area contributed by atoms with E-state index in [1.54, 1.807) is 19.6 Å². The van der Waals surface area contributed by atoms with Crippen molar-refractivity contribution in [3.05, 3.63) is 24.3 Å². The van der Waals surface area contributed by atoms with Crippen molar-refractivity contribution in [2.75, 3.05) is 26.8 Å². The number of piperidine rings is 1. The standard InChI is InChI=1S/C18H28N4O2/c1-24-12-14-2-4-16(5-3-14)21-18(23)22-10-7-15(8-11-22)17-6-9-19-13-20-17/h6,9,13-16H,2-5,7-8,10-12H2,1H3,(H,21,23). The van der Waals surface area contributed by atoms with Gasteiger partial charge in [0, 0.05) is 50.7 Å². The van der Waals surface area contributed by atoms with E-state index in [2.05, 4.69) is 15.3 Å². The molecule has 1 N–H and O–H groups in total. The number of ether oxygens (including phenoxy) is 1. The molecule has 0 bridgehead atoms. The average molecular weight is 332 g/mol. The third-order valence-electron chi connectivity index (χ3n) is 5.38. The zero-order valence-corrected chi connectivity index (χ0v) is 14.5. The molecular weight excluding hydrogens is 304 g/mol. The Bertz CT molecular complexity index is 509. The molecule has 2 heterocycles.